The van der Waals surface area contributed by atoms with Gasteiger partial charge in [0.15, 0.2) is 5.84 Å². The zero-order chi connectivity index (χ0) is 12.3. The number of nitrogens with zero attached hydrogens (tertiary/aromatic N) is 3. The summed E-state index contributed by atoms with van der Waals surface area (Å²) in [4.78, 5) is 4.16. The Labute approximate surface area is 99.2 Å². The van der Waals surface area contributed by atoms with Gasteiger partial charge in [-0.05, 0) is 12.5 Å². The molecule has 0 bridgehead atoms. The summed E-state index contributed by atoms with van der Waals surface area (Å²) in [5.41, 5.74) is 7.37. The summed E-state index contributed by atoms with van der Waals surface area (Å²) in [5.74, 6) is 1.05. The standard InChI is InChI=1S/C12H14N4O/c1-9-14-6-7-16(9)8-10-4-2-3-5-11(10)12(13)15-17/h2-7,17H,8H2,1H3,(H2,13,15). The van der Waals surface area contributed by atoms with Crippen LogP contribution in [0.15, 0.2) is 41.8 Å². The minimum atomic E-state index is 0.123. The Morgan fingerprint density at radius 3 is 2.88 bits per heavy atom. The van der Waals surface area contributed by atoms with Crippen molar-refractivity contribution in [2.24, 2.45) is 10.9 Å². The van der Waals surface area contributed by atoms with Gasteiger partial charge in [-0.1, -0.05) is 29.4 Å². The Hall–Kier alpha value is -2.30. The summed E-state index contributed by atoms with van der Waals surface area (Å²) >= 11 is 0. The summed E-state index contributed by atoms with van der Waals surface area (Å²) in [7, 11) is 0. The smallest absolute Gasteiger partial charge is 0.170 e. The van der Waals surface area contributed by atoms with Gasteiger partial charge in [-0.3, -0.25) is 0 Å². The number of hydrogen-bond donors (Lipinski definition) is 2. The van der Waals surface area contributed by atoms with Gasteiger partial charge in [0.05, 0.1) is 0 Å². The first-order valence-corrected chi connectivity index (χ1v) is 5.26. The molecular weight excluding hydrogens is 216 g/mol. The molecule has 0 aliphatic rings. The summed E-state index contributed by atoms with van der Waals surface area (Å²) in [5, 5.41) is 11.8. The molecule has 1 aromatic heterocycles. The van der Waals surface area contributed by atoms with Gasteiger partial charge >= 0.3 is 0 Å². The van der Waals surface area contributed by atoms with E-state index in [-0.39, 0.29) is 5.84 Å². The molecule has 5 heteroatoms. The van der Waals surface area contributed by atoms with E-state index in [0.29, 0.717) is 6.54 Å². The third-order valence-electron chi connectivity index (χ3n) is 2.67. The first-order chi connectivity index (χ1) is 8.22. The molecule has 0 amide bonds. The van der Waals surface area contributed by atoms with E-state index >= 15 is 0 Å². The molecule has 0 unspecified atom stereocenters. The Morgan fingerprint density at radius 1 is 1.47 bits per heavy atom. The predicted octanol–water partition coefficient (Wildman–Crippen LogP) is 1.33. The molecule has 0 aliphatic heterocycles. The molecule has 0 saturated carbocycles. The van der Waals surface area contributed by atoms with E-state index < -0.39 is 0 Å². The van der Waals surface area contributed by atoms with Gasteiger partial charge in [0.1, 0.15) is 5.82 Å². The quantitative estimate of drug-likeness (QED) is 0.361. The van der Waals surface area contributed by atoms with Crippen LogP contribution in [0.1, 0.15) is 17.0 Å². The number of benzene rings is 1. The van der Waals surface area contributed by atoms with Crippen LogP contribution in [0, 0.1) is 6.92 Å². The second-order valence-electron chi connectivity index (χ2n) is 3.74. The molecule has 1 aromatic carbocycles. The lowest BCUT2D eigenvalue weighted by molar-refractivity contribution is 0.318. The van der Waals surface area contributed by atoms with Crippen LogP contribution in [0.4, 0.5) is 0 Å². The van der Waals surface area contributed by atoms with E-state index in [0.717, 1.165) is 17.0 Å². The first kappa shape index (κ1) is 11.2. The fraction of sp³-hybridized carbons (Fsp3) is 0.167. The molecule has 0 radical (unpaired) electrons. The summed E-state index contributed by atoms with van der Waals surface area (Å²) in [6.07, 6.45) is 3.65. The van der Waals surface area contributed by atoms with E-state index in [1.807, 2.05) is 42.0 Å². The zero-order valence-electron chi connectivity index (χ0n) is 9.54. The number of hydrogen-bond acceptors (Lipinski definition) is 3. The highest BCUT2D eigenvalue weighted by Crippen LogP contribution is 2.11. The van der Waals surface area contributed by atoms with Crippen LogP contribution in [0.3, 0.4) is 0 Å². The number of oxime groups is 1. The maximum Gasteiger partial charge on any atom is 0.170 e. The highest BCUT2D eigenvalue weighted by atomic mass is 16.4. The van der Waals surface area contributed by atoms with Crippen molar-refractivity contribution in [3.63, 3.8) is 0 Å². The molecular formula is C12H14N4O. The van der Waals surface area contributed by atoms with Gasteiger partial charge in [-0.2, -0.15) is 0 Å². The molecule has 1 heterocycles. The number of aryl methyl sites for hydroxylation is 1. The lowest BCUT2D eigenvalue weighted by atomic mass is 10.1. The second kappa shape index (κ2) is 4.69. The lowest BCUT2D eigenvalue weighted by Crippen LogP contribution is -2.16. The van der Waals surface area contributed by atoms with Gasteiger partial charge in [-0.15, -0.1) is 0 Å². The number of aromatic nitrogens is 2. The van der Waals surface area contributed by atoms with Crippen LogP contribution in [0.5, 0.6) is 0 Å². The largest absolute Gasteiger partial charge is 0.409 e. The molecule has 0 saturated heterocycles. The third kappa shape index (κ3) is 2.28. The molecule has 17 heavy (non-hydrogen) atoms. The van der Waals surface area contributed by atoms with Gasteiger partial charge in [0.25, 0.3) is 0 Å². The van der Waals surface area contributed by atoms with Gasteiger partial charge in [-0.25, -0.2) is 4.98 Å². The fourth-order valence-corrected chi connectivity index (χ4v) is 1.72. The highest BCUT2D eigenvalue weighted by Gasteiger charge is 2.07. The second-order valence-corrected chi connectivity index (χ2v) is 3.74. The molecule has 5 nitrogen and oxygen atoms in total. The molecule has 0 aliphatic carbocycles. The van der Waals surface area contributed by atoms with E-state index in [4.69, 9.17) is 10.9 Å². The van der Waals surface area contributed by atoms with Crippen molar-refractivity contribution in [2.45, 2.75) is 13.5 Å². The average Bonchev–Trinajstić information content (AvgIpc) is 2.75. The Morgan fingerprint density at radius 2 is 2.24 bits per heavy atom. The number of nitrogens with two attached hydrogens (primary N) is 1. The molecule has 0 atom stereocenters. The minimum Gasteiger partial charge on any atom is -0.409 e. The average molecular weight is 230 g/mol. The van der Waals surface area contributed by atoms with Crippen molar-refractivity contribution in [3.8, 4) is 0 Å². The monoisotopic (exact) mass is 230 g/mol. The topological polar surface area (TPSA) is 76.4 Å². The zero-order valence-corrected chi connectivity index (χ0v) is 9.54. The van der Waals surface area contributed by atoms with Crippen molar-refractivity contribution in [1.82, 2.24) is 9.55 Å². The van der Waals surface area contributed by atoms with E-state index in [1.54, 1.807) is 6.20 Å². The minimum absolute atomic E-state index is 0.123. The molecule has 3 N–H and O–H groups in total. The summed E-state index contributed by atoms with van der Waals surface area (Å²) < 4.78 is 2.00. The third-order valence-corrected chi connectivity index (χ3v) is 2.67. The number of imidazole rings is 1. The van der Waals surface area contributed by atoms with Crippen molar-refractivity contribution in [3.05, 3.63) is 53.6 Å². The maximum atomic E-state index is 8.74. The molecule has 2 rings (SSSR count). The van der Waals surface area contributed by atoms with Crippen molar-refractivity contribution < 1.29 is 5.21 Å². The van der Waals surface area contributed by atoms with Crippen LogP contribution in [-0.2, 0) is 6.54 Å². The molecule has 0 fully saturated rings. The Balaban J connectivity index is 2.36. The van der Waals surface area contributed by atoms with E-state index in [1.165, 1.54) is 0 Å². The molecule has 2 aromatic rings. The van der Waals surface area contributed by atoms with E-state index in [9.17, 15) is 0 Å². The number of rotatable bonds is 3. The van der Waals surface area contributed by atoms with Crippen molar-refractivity contribution in [2.75, 3.05) is 0 Å². The normalized spacial score (nSPS) is 11.7. The lowest BCUT2D eigenvalue weighted by Gasteiger charge is -2.09. The molecule has 0 spiro atoms. The van der Waals surface area contributed by atoms with Crippen LogP contribution < -0.4 is 5.73 Å². The van der Waals surface area contributed by atoms with Gasteiger partial charge in [0, 0.05) is 24.5 Å². The SMILES string of the molecule is Cc1nccn1Cc1ccccc1/C(N)=N/O. The Bertz CT molecular complexity index is 545. The van der Waals surface area contributed by atoms with Gasteiger partial charge < -0.3 is 15.5 Å². The van der Waals surface area contributed by atoms with Crippen molar-refractivity contribution in [1.29, 1.82) is 0 Å². The van der Waals surface area contributed by atoms with Crippen LogP contribution in [0.25, 0.3) is 0 Å². The molecule has 88 valence electrons. The van der Waals surface area contributed by atoms with Crippen LogP contribution in [0.2, 0.25) is 0 Å². The highest BCUT2D eigenvalue weighted by molar-refractivity contribution is 5.98. The number of amidine groups is 1. The summed E-state index contributed by atoms with van der Waals surface area (Å²) in [6, 6.07) is 7.57. The summed E-state index contributed by atoms with van der Waals surface area (Å²) in [6.45, 7) is 2.59. The maximum absolute atomic E-state index is 8.74. The first-order valence-electron chi connectivity index (χ1n) is 5.26. The van der Waals surface area contributed by atoms with E-state index in [2.05, 4.69) is 10.1 Å². The van der Waals surface area contributed by atoms with Crippen LogP contribution in [-0.4, -0.2) is 20.6 Å². The fourth-order valence-electron chi connectivity index (χ4n) is 1.72. The van der Waals surface area contributed by atoms with Crippen molar-refractivity contribution >= 4 is 5.84 Å². The van der Waals surface area contributed by atoms with Gasteiger partial charge in [0.2, 0.25) is 0 Å². The Kier molecular flexibility index (Phi) is 3.09. The van der Waals surface area contributed by atoms with Crippen LogP contribution >= 0.6 is 0 Å². The predicted molar refractivity (Wildman–Crippen MR) is 65.0 cm³/mol.